The highest BCUT2D eigenvalue weighted by Gasteiger charge is 2.03. The van der Waals surface area contributed by atoms with Gasteiger partial charge < -0.3 is 22.1 Å². The van der Waals surface area contributed by atoms with Gasteiger partial charge >= 0.3 is 0 Å². The number of carbonyl (C=O) groups excluding carboxylic acids is 1. The number of aromatic nitrogens is 1. The molecule has 0 unspecified atom stereocenters. The Kier molecular flexibility index (Phi) is 5.23. The second-order valence-corrected chi connectivity index (χ2v) is 4.55. The fourth-order valence-corrected chi connectivity index (χ4v) is 1.29. The van der Waals surface area contributed by atoms with Crippen molar-refractivity contribution in [3.8, 4) is 0 Å². The topological polar surface area (TPSA) is 106 Å². The molecule has 1 heterocycles. The van der Waals surface area contributed by atoms with Gasteiger partial charge in [-0.3, -0.25) is 4.79 Å². The second-order valence-electron chi connectivity index (χ2n) is 4.55. The molecule has 100 valence electrons. The van der Waals surface area contributed by atoms with E-state index in [0.717, 1.165) is 0 Å². The van der Waals surface area contributed by atoms with E-state index < -0.39 is 0 Å². The quantitative estimate of drug-likeness (QED) is 0.599. The Morgan fingerprint density at radius 2 is 2.11 bits per heavy atom. The van der Waals surface area contributed by atoms with E-state index in [9.17, 15) is 4.79 Å². The highest BCUT2D eigenvalue weighted by atomic mass is 16.1. The van der Waals surface area contributed by atoms with Gasteiger partial charge in [-0.1, -0.05) is 13.8 Å². The van der Waals surface area contributed by atoms with Crippen molar-refractivity contribution in [2.24, 2.45) is 5.92 Å². The number of nitrogen functional groups attached to an aromatic ring is 2. The number of anilines is 3. The van der Waals surface area contributed by atoms with Gasteiger partial charge in [0.05, 0.1) is 5.69 Å². The summed E-state index contributed by atoms with van der Waals surface area (Å²) in [5, 5.41) is 5.87. The predicted molar refractivity (Wildman–Crippen MR) is 74.0 cm³/mol. The van der Waals surface area contributed by atoms with E-state index in [1.807, 2.05) is 0 Å². The van der Waals surface area contributed by atoms with Crippen molar-refractivity contribution in [3.05, 3.63) is 12.1 Å². The lowest BCUT2D eigenvalue weighted by Gasteiger charge is -2.09. The van der Waals surface area contributed by atoms with Gasteiger partial charge in [0.1, 0.15) is 11.6 Å². The first-order chi connectivity index (χ1) is 8.49. The standard InChI is InChI=1S/C12H21N5O/c1-8(2)7-16-11(18)5-6-15-10-4-3-9(13)12(14)17-10/h3-4,8H,5-7,13H2,1-2H3,(H,16,18)(H3,14,15,17). The molecule has 18 heavy (non-hydrogen) atoms. The first-order valence-electron chi connectivity index (χ1n) is 6.01. The van der Waals surface area contributed by atoms with Gasteiger partial charge in [-0.25, -0.2) is 4.98 Å². The lowest BCUT2D eigenvalue weighted by molar-refractivity contribution is -0.120. The lowest BCUT2D eigenvalue weighted by atomic mass is 10.2. The zero-order valence-corrected chi connectivity index (χ0v) is 10.9. The molecule has 6 nitrogen and oxygen atoms in total. The van der Waals surface area contributed by atoms with Crippen molar-refractivity contribution in [1.29, 1.82) is 0 Å². The largest absolute Gasteiger partial charge is 0.396 e. The normalized spacial score (nSPS) is 10.4. The van der Waals surface area contributed by atoms with Crippen LogP contribution in [0.2, 0.25) is 0 Å². The van der Waals surface area contributed by atoms with Crippen molar-refractivity contribution in [2.75, 3.05) is 29.9 Å². The number of nitrogens with one attached hydrogen (secondary N) is 2. The molecule has 6 heteroatoms. The van der Waals surface area contributed by atoms with Crippen LogP contribution in [0.15, 0.2) is 12.1 Å². The molecule has 6 N–H and O–H groups in total. The summed E-state index contributed by atoms with van der Waals surface area (Å²) in [7, 11) is 0. The van der Waals surface area contributed by atoms with E-state index in [-0.39, 0.29) is 5.91 Å². The predicted octanol–water partition coefficient (Wildman–Crippen LogP) is 0.820. The van der Waals surface area contributed by atoms with E-state index >= 15 is 0 Å². The molecular formula is C12H21N5O. The Labute approximate surface area is 107 Å². The third-order valence-corrected chi connectivity index (χ3v) is 2.32. The molecule has 1 rings (SSSR count). The highest BCUT2D eigenvalue weighted by molar-refractivity contribution is 5.76. The van der Waals surface area contributed by atoms with Gasteiger partial charge in [-0.2, -0.15) is 0 Å². The van der Waals surface area contributed by atoms with Crippen molar-refractivity contribution in [1.82, 2.24) is 10.3 Å². The van der Waals surface area contributed by atoms with Crippen LogP contribution in [0.4, 0.5) is 17.3 Å². The molecule has 0 spiro atoms. The van der Waals surface area contributed by atoms with Crippen LogP contribution >= 0.6 is 0 Å². The Balaban J connectivity index is 2.28. The monoisotopic (exact) mass is 251 g/mol. The zero-order chi connectivity index (χ0) is 13.5. The molecule has 1 aromatic heterocycles. The molecule has 0 aliphatic carbocycles. The van der Waals surface area contributed by atoms with Gasteiger partial charge in [0, 0.05) is 19.5 Å². The summed E-state index contributed by atoms with van der Waals surface area (Å²) in [6.45, 7) is 5.32. The number of carbonyl (C=O) groups is 1. The van der Waals surface area contributed by atoms with Crippen molar-refractivity contribution in [3.63, 3.8) is 0 Å². The number of hydrogen-bond acceptors (Lipinski definition) is 5. The van der Waals surface area contributed by atoms with E-state index in [1.54, 1.807) is 12.1 Å². The maximum atomic E-state index is 11.4. The van der Waals surface area contributed by atoms with E-state index in [4.69, 9.17) is 11.5 Å². The molecule has 0 fully saturated rings. The molecule has 0 saturated carbocycles. The first kappa shape index (κ1) is 14.1. The molecule has 1 aromatic rings. The van der Waals surface area contributed by atoms with E-state index in [0.29, 0.717) is 42.8 Å². The smallest absolute Gasteiger partial charge is 0.221 e. The Bertz CT molecular complexity index is 405. The number of amides is 1. The van der Waals surface area contributed by atoms with E-state index in [1.165, 1.54) is 0 Å². The minimum atomic E-state index is 0.0274. The maximum Gasteiger partial charge on any atom is 0.221 e. The fraction of sp³-hybridized carbons (Fsp3) is 0.500. The van der Waals surface area contributed by atoms with Crippen LogP contribution in [0.5, 0.6) is 0 Å². The fourth-order valence-electron chi connectivity index (χ4n) is 1.29. The average Bonchev–Trinajstić information content (AvgIpc) is 2.31. The molecule has 0 radical (unpaired) electrons. The zero-order valence-electron chi connectivity index (χ0n) is 10.9. The van der Waals surface area contributed by atoms with Crippen LogP contribution in [-0.2, 0) is 4.79 Å². The molecule has 0 bridgehead atoms. The molecule has 0 aliphatic rings. The van der Waals surface area contributed by atoms with Crippen LogP contribution in [0.25, 0.3) is 0 Å². The summed E-state index contributed by atoms with van der Waals surface area (Å²) in [4.78, 5) is 15.5. The number of nitrogens with zero attached hydrogens (tertiary/aromatic N) is 1. The van der Waals surface area contributed by atoms with Gasteiger partial charge in [-0.05, 0) is 18.1 Å². The summed E-state index contributed by atoms with van der Waals surface area (Å²) in [5.74, 6) is 1.41. The van der Waals surface area contributed by atoms with Gasteiger partial charge in [0.25, 0.3) is 0 Å². The molecule has 1 amide bonds. The first-order valence-corrected chi connectivity index (χ1v) is 6.01. The third kappa shape index (κ3) is 4.90. The summed E-state index contributed by atoms with van der Waals surface area (Å²) < 4.78 is 0. The Morgan fingerprint density at radius 1 is 1.39 bits per heavy atom. The van der Waals surface area contributed by atoms with Gasteiger partial charge in [0.15, 0.2) is 0 Å². The van der Waals surface area contributed by atoms with E-state index in [2.05, 4.69) is 29.5 Å². The van der Waals surface area contributed by atoms with Crippen LogP contribution in [0, 0.1) is 5.92 Å². The summed E-state index contributed by atoms with van der Waals surface area (Å²) >= 11 is 0. The molecule has 0 aliphatic heterocycles. The third-order valence-electron chi connectivity index (χ3n) is 2.32. The number of hydrogen-bond donors (Lipinski definition) is 4. The lowest BCUT2D eigenvalue weighted by Crippen LogP contribution is -2.28. The minimum Gasteiger partial charge on any atom is -0.396 e. The molecule has 0 saturated heterocycles. The average molecular weight is 251 g/mol. The molecular weight excluding hydrogens is 230 g/mol. The highest BCUT2D eigenvalue weighted by Crippen LogP contribution is 2.14. The van der Waals surface area contributed by atoms with Crippen molar-refractivity contribution >= 4 is 23.2 Å². The molecule has 0 aromatic carbocycles. The Hall–Kier alpha value is -1.98. The number of rotatable bonds is 6. The minimum absolute atomic E-state index is 0.0274. The van der Waals surface area contributed by atoms with Gasteiger partial charge in [-0.15, -0.1) is 0 Å². The van der Waals surface area contributed by atoms with Crippen molar-refractivity contribution < 1.29 is 4.79 Å². The Morgan fingerprint density at radius 3 is 2.72 bits per heavy atom. The SMILES string of the molecule is CC(C)CNC(=O)CCNc1ccc(N)c(N)n1. The molecule has 0 atom stereocenters. The number of pyridine rings is 1. The second kappa shape index (κ2) is 6.68. The van der Waals surface area contributed by atoms with Crippen LogP contribution in [0.1, 0.15) is 20.3 Å². The number of nitrogens with two attached hydrogens (primary N) is 2. The van der Waals surface area contributed by atoms with Crippen LogP contribution in [-0.4, -0.2) is 24.0 Å². The van der Waals surface area contributed by atoms with Crippen molar-refractivity contribution in [2.45, 2.75) is 20.3 Å². The van der Waals surface area contributed by atoms with Gasteiger partial charge in [0.2, 0.25) is 5.91 Å². The summed E-state index contributed by atoms with van der Waals surface area (Å²) in [6.07, 6.45) is 0.401. The van der Waals surface area contributed by atoms with Crippen LogP contribution < -0.4 is 22.1 Å². The summed E-state index contributed by atoms with van der Waals surface area (Å²) in [5.41, 5.74) is 11.6. The van der Waals surface area contributed by atoms with Crippen LogP contribution in [0.3, 0.4) is 0 Å². The summed E-state index contributed by atoms with van der Waals surface area (Å²) in [6, 6.07) is 3.42. The maximum absolute atomic E-state index is 11.4.